The Bertz CT molecular complexity index is 945. The minimum Gasteiger partial charge on any atom is -0.495 e. The maximum Gasteiger partial charge on any atom is 0.417 e. The minimum absolute atomic E-state index is 0.156. The predicted molar refractivity (Wildman–Crippen MR) is 91.8 cm³/mol. The van der Waals surface area contributed by atoms with Crippen molar-refractivity contribution in [1.82, 2.24) is 4.98 Å². The monoisotopic (exact) mass is 346 g/mol. The average molecular weight is 347 g/mol. The summed E-state index contributed by atoms with van der Waals surface area (Å²) in [6, 6.07) is 10.4. The SMILES string of the molecule is COc1ccc(Cl)cc1NC(=O)CCc1ccc2oc(=O)[nH]c2c1. The summed E-state index contributed by atoms with van der Waals surface area (Å²) in [6.07, 6.45) is 0.807. The third-order valence-electron chi connectivity index (χ3n) is 3.56. The molecule has 0 radical (unpaired) electrons. The lowest BCUT2D eigenvalue weighted by Gasteiger charge is -2.10. The molecule has 7 heteroatoms. The molecule has 1 amide bonds. The topological polar surface area (TPSA) is 84.3 Å². The molecule has 24 heavy (non-hydrogen) atoms. The number of carbonyl (C=O) groups is 1. The van der Waals surface area contributed by atoms with Crippen LogP contribution in [0.2, 0.25) is 5.02 Å². The summed E-state index contributed by atoms with van der Waals surface area (Å²) in [5.41, 5.74) is 2.57. The molecule has 0 unspecified atom stereocenters. The molecule has 0 saturated heterocycles. The molecule has 0 spiro atoms. The van der Waals surface area contributed by atoms with E-state index in [9.17, 15) is 9.59 Å². The van der Waals surface area contributed by atoms with Crippen molar-refractivity contribution >= 4 is 34.3 Å². The average Bonchev–Trinajstić information content (AvgIpc) is 2.92. The van der Waals surface area contributed by atoms with Gasteiger partial charge in [0.1, 0.15) is 5.75 Å². The normalized spacial score (nSPS) is 10.8. The van der Waals surface area contributed by atoms with E-state index in [1.807, 2.05) is 6.07 Å². The van der Waals surface area contributed by atoms with E-state index in [-0.39, 0.29) is 12.3 Å². The number of rotatable bonds is 5. The van der Waals surface area contributed by atoms with Crippen molar-refractivity contribution in [3.05, 3.63) is 57.5 Å². The van der Waals surface area contributed by atoms with Crippen LogP contribution in [0.25, 0.3) is 11.1 Å². The fourth-order valence-corrected chi connectivity index (χ4v) is 2.58. The van der Waals surface area contributed by atoms with E-state index in [2.05, 4.69) is 10.3 Å². The van der Waals surface area contributed by atoms with Gasteiger partial charge in [0.15, 0.2) is 5.58 Å². The molecule has 0 bridgehead atoms. The lowest BCUT2D eigenvalue weighted by Crippen LogP contribution is -2.13. The number of aromatic nitrogens is 1. The molecular weight excluding hydrogens is 332 g/mol. The second kappa shape index (κ2) is 6.80. The van der Waals surface area contributed by atoms with E-state index in [4.69, 9.17) is 20.8 Å². The van der Waals surface area contributed by atoms with Crippen molar-refractivity contribution in [3.8, 4) is 5.75 Å². The first kappa shape index (κ1) is 16.1. The van der Waals surface area contributed by atoms with Gasteiger partial charge in [-0.2, -0.15) is 0 Å². The van der Waals surface area contributed by atoms with E-state index in [1.54, 1.807) is 30.3 Å². The van der Waals surface area contributed by atoms with Crippen molar-refractivity contribution in [1.29, 1.82) is 0 Å². The number of hydrogen-bond donors (Lipinski definition) is 2. The number of methoxy groups -OCH3 is 1. The van der Waals surface area contributed by atoms with Gasteiger partial charge >= 0.3 is 5.76 Å². The van der Waals surface area contributed by atoms with Gasteiger partial charge in [-0.05, 0) is 42.3 Å². The van der Waals surface area contributed by atoms with Gasteiger partial charge in [-0.15, -0.1) is 0 Å². The minimum atomic E-state index is -0.493. The van der Waals surface area contributed by atoms with Crippen LogP contribution in [0.4, 0.5) is 5.69 Å². The van der Waals surface area contributed by atoms with Crippen LogP contribution in [0.15, 0.2) is 45.6 Å². The molecule has 0 saturated carbocycles. The summed E-state index contributed by atoms with van der Waals surface area (Å²) in [4.78, 5) is 25.9. The zero-order valence-electron chi connectivity index (χ0n) is 12.9. The fraction of sp³-hybridized carbons (Fsp3) is 0.176. The first-order valence-corrected chi connectivity index (χ1v) is 7.68. The van der Waals surface area contributed by atoms with Crippen molar-refractivity contribution in [3.63, 3.8) is 0 Å². The highest BCUT2D eigenvalue weighted by molar-refractivity contribution is 6.31. The molecule has 0 aliphatic rings. The van der Waals surface area contributed by atoms with Crippen LogP contribution in [0, 0.1) is 0 Å². The van der Waals surface area contributed by atoms with E-state index >= 15 is 0 Å². The largest absolute Gasteiger partial charge is 0.495 e. The standard InChI is InChI=1S/C17H15ClN2O4/c1-23-14-6-4-11(18)9-13(14)19-16(21)7-3-10-2-5-15-12(8-10)20-17(22)24-15/h2,4-6,8-9H,3,7H2,1H3,(H,19,21)(H,20,22). The molecule has 1 aromatic heterocycles. The van der Waals surface area contributed by atoms with Gasteiger partial charge in [0, 0.05) is 11.4 Å². The predicted octanol–water partition coefficient (Wildman–Crippen LogP) is 3.35. The number of aryl methyl sites for hydroxylation is 1. The number of anilines is 1. The fourth-order valence-electron chi connectivity index (χ4n) is 2.40. The van der Waals surface area contributed by atoms with Crippen molar-refractivity contribution in [2.24, 2.45) is 0 Å². The van der Waals surface area contributed by atoms with Crippen molar-refractivity contribution in [2.75, 3.05) is 12.4 Å². The Morgan fingerprint density at radius 2 is 2.12 bits per heavy atom. The summed E-state index contributed by atoms with van der Waals surface area (Å²) >= 11 is 5.94. The number of fused-ring (bicyclic) bond motifs is 1. The van der Waals surface area contributed by atoms with E-state index in [0.717, 1.165) is 5.56 Å². The number of nitrogens with one attached hydrogen (secondary N) is 2. The lowest BCUT2D eigenvalue weighted by molar-refractivity contribution is -0.116. The number of oxazole rings is 1. The van der Waals surface area contributed by atoms with E-state index in [1.165, 1.54) is 7.11 Å². The number of aromatic amines is 1. The molecule has 0 atom stereocenters. The second-order valence-corrected chi connectivity index (χ2v) is 5.67. The third kappa shape index (κ3) is 3.60. The number of carbonyl (C=O) groups excluding carboxylic acids is 1. The highest BCUT2D eigenvalue weighted by Gasteiger charge is 2.09. The van der Waals surface area contributed by atoms with Gasteiger partial charge < -0.3 is 14.5 Å². The lowest BCUT2D eigenvalue weighted by atomic mass is 10.1. The molecule has 0 aliphatic heterocycles. The summed E-state index contributed by atoms with van der Waals surface area (Å²) in [5.74, 6) is -0.102. The Kier molecular flexibility index (Phi) is 4.57. The molecule has 124 valence electrons. The molecule has 3 aromatic rings. The zero-order valence-corrected chi connectivity index (χ0v) is 13.6. The van der Waals surface area contributed by atoms with Gasteiger partial charge in [0.05, 0.1) is 18.3 Å². The number of amides is 1. The van der Waals surface area contributed by atoms with Gasteiger partial charge in [-0.1, -0.05) is 17.7 Å². The van der Waals surface area contributed by atoms with Crippen molar-refractivity contribution < 1.29 is 13.9 Å². The first-order valence-electron chi connectivity index (χ1n) is 7.30. The van der Waals surface area contributed by atoms with Crippen LogP contribution >= 0.6 is 11.6 Å². The van der Waals surface area contributed by atoms with Crippen LogP contribution in [0.1, 0.15) is 12.0 Å². The van der Waals surface area contributed by atoms with Gasteiger partial charge in [0.2, 0.25) is 5.91 Å². The quantitative estimate of drug-likeness (QED) is 0.742. The summed E-state index contributed by atoms with van der Waals surface area (Å²) < 4.78 is 10.1. The van der Waals surface area contributed by atoms with Gasteiger partial charge in [-0.25, -0.2) is 4.79 Å². The first-order chi connectivity index (χ1) is 11.5. The molecule has 2 aromatic carbocycles. The van der Waals surface area contributed by atoms with Crippen LogP contribution in [0.3, 0.4) is 0 Å². The molecule has 1 heterocycles. The maximum absolute atomic E-state index is 12.1. The van der Waals surface area contributed by atoms with Crippen LogP contribution in [0.5, 0.6) is 5.75 Å². The van der Waals surface area contributed by atoms with Crippen LogP contribution < -0.4 is 15.8 Å². The second-order valence-electron chi connectivity index (χ2n) is 5.24. The van der Waals surface area contributed by atoms with E-state index in [0.29, 0.717) is 34.0 Å². The Hall–Kier alpha value is -2.73. The van der Waals surface area contributed by atoms with Crippen LogP contribution in [-0.4, -0.2) is 18.0 Å². The molecule has 0 fully saturated rings. The highest BCUT2D eigenvalue weighted by atomic mass is 35.5. The Morgan fingerprint density at radius 3 is 2.92 bits per heavy atom. The van der Waals surface area contributed by atoms with Crippen LogP contribution in [-0.2, 0) is 11.2 Å². The Labute approximate surface area is 142 Å². The Balaban J connectivity index is 1.66. The smallest absolute Gasteiger partial charge is 0.417 e. The number of hydrogen-bond acceptors (Lipinski definition) is 4. The zero-order chi connectivity index (χ0) is 17.1. The Morgan fingerprint density at radius 1 is 1.29 bits per heavy atom. The molecule has 6 nitrogen and oxygen atoms in total. The maximum atomic E-state index is 12.1. The van der Waals surface area contributed by atoms with Gasteiger partial charge in [-0.3, -0.25) is 9.78 Å². The number of benzene rings is 2. The molecule has 2 N–H and O–H groups in total. The number of H-pyrrole nitrogens is 1. The number of halogens is 1. The summed E-state index contributed by atoms with van der Waals surface area (Å²) in [6.45, 7) is 0. The molecule has 3 rings (SSSR count). The summed E-state index contributed by atoms with van der Waals surface area (Å²) in [7, 11) is 1.53. The molecule has 0 aliphatic carbocycles. The summed E-state index contributed by atoms with van der Waals surface area (Å²) in [5, 5.41) is 3.30. The number of ether oxygens (including phenoxy) is 1. The van der Waals surface area contributed by atoms with Crippen molar-refractivity contribution in [2.45, 2.75) is 12.8 Å². The molecular formula is C17H15ClN2O4. The van der Waals surface area contributed by atoms with Gasteiger partial charge in [0.25, 0.3) is 0 Å². The highest BCUT2D eigenvalue weighted by Crippen LogP contribution is 2.27. The third-order valence-corrected chi connectivity index (χ3v) is 3.79. The van der Waals surface area contributed by atoms with E-state index < -0.39 is 5.76 Å².